The van der Waals surface area contributed by atoms with Gasteiger partial charge in [-0.15, -0.1) is 0 Å². The third-order valence-corrected chi connectivity index (χ3v) is 1.67. The van der Waals surface area contributed by atoms with E-state index in [1.165, 1.54) is 13.8 Å². The van der Waals surface area contributed by atoms with E-state index in [9.17, 15) is 4.57 Å². The van der Waals surface area contributed by atoms with Gasteiger partial charge in [0.15, 0.2) is 0 Å². The topological polar surface area (TPSA) is 90.2 Å². The van der Waals surface area contributed by atoms with E-state index in [4.69, 9.17) is 15.1 Å². The highest BCUT2D eigenvalue weighted by atomic mass is 31.1. The van der Waals surface area contributed by atoms with Crippen molar-refractivity contribution in [1.82, 2.24) is 4.90 Å². The standard InChI is InChI=1S/C5H14NO5P/c1-4(7)6(5(2)8)3-11-12(9)10/h4-5,7-8,12H,3H2,1-2H3,(H,9,10). The maximum atomic E-state index is 10.1. The van der Waals surface area contributed by atoms with Crippen molar-refractivity contribution in [3.05, 3.63) is 0 Å². The molecule has 0 bridgehead atoms. The Hall–Kier alpha value is 0.0300. The first-order chi connectivity index (χ1) is 5.45. The number of aliphatic hydroxyl groups is 2. The molecule has 0 heterocycles. The van der Waals surface area contributed by atoms with E-state index in [0.29, 0.717) is 0 Å². The first kappa shape index (κ1) is 12.0. The van der Waals surface area contributed by atoms with Crippen LogP contribution in [0.5, 0.6) is 0 Å². The van der Waals surface area contributed by atoms with Gasteiger partial charge < -0.3 is 15.1 Å². The second-order valence-electron chi connectivity index (χ2n) is 2.32. The molecule has 6 nitrogen and oxygen atoms in total. The molecule has 7 heteroatoms. The Balaban J connectivity index is 3.88. The van der Waals surface area contributed by atoms with Gasteiger partial charge in [0.05, 0.1) is 0 Å². The van der Waals surface area contributed by atoms with Crippen LogP contribution in [0.2, 0.25) is 0 Å². The highest BCUT2D eigenvalue weighted by Crippen LogP contribution is 2.16. The molecule has 0 saturated heterocycles. The van der Waals surface area contributed by atoms with Crippen LogP contribution in [-0.2, 0) is 9.09 Å². The summed E-state index contributed by atoms with van der Waals surface area (Å²) in [6, 6.07) is 0. The van der Waals surface area contributed by atoms with E-state index in [1.54, 1.807) is 0 Å². The normalized spacial score (nSPS) is 19.2. The second kappa shape index (κ2) is 5.64. The molecule has 3 unspecified atom stereocenters. The van der Waals surface area contributed by atoms with Crippen molar-refractivity contribution in [2.45, 2.75) is 26.3 Å². The minimum atomic E-state index is -3.01. The molecule has 0 aliphatic carbocycles. The maximum absolute atomic E-state index is 10.1. The van der Waals surface area contributed by atoms with Gasteiger partial charge in [0.1, 0.15) is 19.2 Å². The SMILES string of the molecule is CC(O)N(CO[PH](=O)O)C(C)O. The first-order valence-corrected chi connectivity index (χ1v) is 4.69. The molecule has 0 aromatic rings. The predicted octanol–water partition coefficient (Wildman–Crippen LogP) is -0.679. The number of hydrogen-bond acceptors (Lipinski definition) is 5. The molecule has 3 N–H and O–H groups in total. The van der Waals surface area contributed by atoms with Crippen molar-refractivity contribution in [3.63, 3.8) is 0 Å². The summed E-state index contributed by atoms with van der Waals surface area (Å²) in [7, 11) is -3.01. The van der Waals surface area contributed by atoms with Gasteiger partial charge in [0, 0.05) is 0 Å². The molecule has 0 amide bonds. The lowest BCUT2D eigenvalue weighted by Crippen LogP contribution is -2.41. The fourth-order valence-electron chi connectivity index (χ4n) is 0.658. The third kappa shape index (κ3) is 4.82. The Kier molecular flexibility index (Phi) is 5.65. The number of aliphatic hydroxyl groups excluding tert-OH is 2. The fourth-order valence-corrected chi connectivity index (χ4v) is 0.917. The van der Waals surface area contributed by atoms with E-state index in [-0.39, 0.29) is 6.73 Å². The smallest absolute Gasteiger partial charge is 0.317 e. The average Bonchev–Trinajstić information content (AvgIpc) is 1.84. The van der Waals surface area contributed by atoms with Gasteiger partial charge in [-0.05, 0) is 13.8 Å². The van der Waals surface area contributed by atoms with Gasteiger partial charge in [0.25, 0.3) is 0 Å². The van der Waals surface area contributed by atoms with Crippen LogP contribution < -0.4 is 0 Å². The molecular weight excluding hydrogens is 185 g/mol. The van der Waals surface area contributed by atoms with Crippen LogP contribution in [0.15, 0.2) is 0 Å². The van der Waals surface area contributed by atoms with Crippen molar-refractivity contribution in [2.24, 2.45) is 0 Å². The molecule has 0 rings (SSSR count). The molecule has 0 aromatic carbocycles. The van der Waals surface area contributed by atoms with Crippen LogP contribution in [0.3, 0.4) is 0 Å². The zero-order chi connectivity index (χ0) is 9.72. The minimum Gasteiger partial charge on any atom is -0.379 e. The Morgan fingerprint density at radius 3 is 2.08 bits per heavy atom. The molecule has 74 valence electrons. The zero-order valence-corrected chi connectivity index (χ0v) is 7.97. The predicted molar refractivity (Wildman–Crippen MR) is 42.4 cm³/mol. The molecular formula is C5H14NO5P. The Labute approximate surface area is 71.3 Å². The zero-order valence-electron chi connectivity index (χ0n) is 6.97. The van der Waals surface area contributed by atoms with Gasteiger partial charge in [-0.2, -0.15) is 0 Å². The maximum Gasteiger partial charge on any atom is 0.317 e. The molecule has 3 atom stereocenters. The van der Waals surface area contributed by atoms with Crippen molar-refractivity contribution in [1.29, 1.82) is 0 Å². The number of hydrogen-bond donors (Lipinski definition) is 3. The fraction of sp³-hybridized carbons (Fsp3) is 1.00. The lowest BCUT2D eigenvalue weighted by atomic mass is 10.5. The number of rotatable bonds is 5. The van der Waals surface area contributed by atoms with Crippen LogP contribution >= 0.6 is 8.25 Å². The summed E-state index contributed by atoms with van der Waals surface area (Å²) in [5, 5.41) is 18.0. The summed E-state index contributed by atoms with van der Waals surface area (Å²) in [5.41, 5.74) is 0. The van der Waals surface area contributed by atoms with Crippen molar-refractivity contribution < 1.29 is 24.2 Å². The van der Waals surface area contributed by atoms with Crippen molar-refractivity contribution in [3.8, 4) is 0 Å². The van der Waals surface area contributed by atoms with Crippen molar-refractivity contribution in [2.75, 3.05) is 6.73 Å². The quantitative estimate of drug-likeness (QED) is 0.401. The molecule has 0 spiro atoms. The monoisotopic (exact) mass is 199 g/mol. The summed E-state index contributed by atoms with van der Waals surface area (Å²) < 4.78 is 14.5. The Morgan fingerprint density at radius 2 is 1.83 bits per heavy atom. The van der Waals surface area contributed by atoms with Crippen LogP contribution in [0.25, 0.3) is 0 Å². The minimum absolute atomic E-state index is 0.274. The highest BCUT2D eigenvalue weighted by Gasteiger charge is 2.16. The number of nitrogens with zero attached hydrogens (tertiary/aromatic N) is 1. The summed E-state index contributed by atoms with van der Waals surface area (Å²) in [4.78, 5) is 9.41. The van der Waals surface area contributed by atoms with E-state index in [1.807, 2.05) is 0 Å². The Morgan fingerprint density at radius 1 is 1.42 bits per heavy atom. The van der Waals surface area contributed by atoms with E-state index in [2.05, 4.69) is 4.52 Å². The largest absolute Gasteiger partial charge is 0.379 e. The lowest BCUT2D eigenvalue weighted by Gasteiger charge is -2.26. The lowest BCUT2D eigenvalue weighted by molar-refractivity contribution is -0.115. The van der Waals surface area contributed by atoms with Crippen LogP contribution in [-0.4, -0.2) is 39.2 Å². The molecule has 12 heavy (non-hydrogen) atoms. The highest BCUT2D eigenvalue weighted by molar-refractivity contribution is 7.32. The summed E-state index contributed by atoms with van der Waals surface area (Å²) in [6.07, 6.45) is -1.85. The first-order valence-electron chi connectivity index (χ1n) is 3.42. The summed E-state index contributed by atoms with van der Waals surface area (Å²) in [6.45, 7) is 2.57. The van der Waals surface area contributed by atoms with Crippen LogP contribution in [0.1, 0.15) is 13.8 Å². The molecule has 0 aliphatic heterocycles. The third-order valence-electron chi connectivity index (χ3n) is 1.30. The molecule has 0 saturated carbocycles. The average molecular weight is 199 g/mol. The van der Waals surface area contributed by atoms with E-state index >= 15 is 0 Å². The second-order valence-corrected chi connectivity index (χ2v) is 3.14. The van der Waals surface area contributed by atoms with E-state index in [0.717, 1.165) is 4.90 Å². The van der Waals surface area contributed by atoms with Crippen LogP contribution in [0, 0.1) is 0 Å². The summed E-state index contributed by atoms with van der Waals surface area (Å²) >= 11 is 0. The van der Waals surface area contributed by atoms with Gasteiger partial charge in [0.2, 0.25) is 0 Å². The Bertz CT molecular complexity index is 143. The summed E-state index contributed by atoms with van der Waals surface area (Å²) in [5.74, 6) is 0. The molecule has 0 radical (unpaired) electrons. The van der Waals surface area contributed by atoms with Gasteiger partial charge in [-0.3, -0.25) is 9.09 Å². The van der Waals surface area contributed by atoms with E-state index < -0.39 is 20.7 Å². The van der Waals surface area contributed by atoms with Crippen molar-refractivity contribution >= 4 is 8.25 Å². The van der Waals surface area contributed by atoms with Gasteiger partial charge in [-0.25, -0.2) is 4.90 Å². The van der Waals surface area contributed by atoms with Gasteiger partial charge in [-0.1, -0.05) is 0 Å². The van der Waals surface area contributed by atoms with Crippen LogP contribution in [0.4, 0.5) is 0 Å². The molecule has 0 fully saturated rings. The molecule has 0 aliphatic rings. The molecule has 0 aromatic heterocycles. The van der Waals surface area contributed by atoms with Gasteiger partial charge >= 0.3 is 8.25 Å².